The van der Waals surface area contributed by atoms with Gasteiger partial charge in [-0.2, -0.15) is 5.10 Å². The molecule has 0 saturated carbocycles. The van der Waals surface area contributed by atoms with E-state index < -0.39 is 41.5 Å². The molecule has 6 N–H and O–H groups in total. The van der Waals surface area contributed by atoms with Crippen molar-refractivity contribution >= 4 is 75.9 Å². The molecular formula is C40H47Cl2N9O10. The van der Waals surface area contributed by atoms with E-state index >= 15 is 0 Å². The first-order valence-corrected chi connectivity index (χ1v) is 20.7. The van der Waals surface area contributed by atoms with E-state index in [0.717, 1.165) is 30.8 Å². The Hall–Kier alpha value is -5.44. The van der Waals surface area contributed by atoms with Gasteiger partial charge in [-0.1, -0.05) is 35.3 Å². The number of aromatic nitrogens is 2. The fourth-order valence-electron chi connectivity index (χ4n) is 6.94. The standard InChI is InChI=1S/C40H47Cl2N9O10/c41-26-4-2-5-27(42)34(26)37(55)47-29-23-50(49-35(29)38(56)46-24-9-12-43-13-10-24)16-14-45-31(52)11-17-59-19-21-61-22-20-60-18-15-44-28-6-1-3-25-33(28)40(58)51(39(25)57)30-7-8-32(53)48-36(30)54/h1-6,23-24,30,43-44H,7-22H2,(H,45,52)(H,46,56)(H,47,55)(H,48,53,54). The number of nitrogens with zero attached hydrogens (tertiary/aromatic N) is 3. The molecule has 3 aromatic rings. The molecule has 4 heterocycles. The number of rotatable bonds is 21. The molecule has 7 amide bonds. The summed E-state index contributed by atoms with van der Waals surface area (Å²) in [6.45, 7) is 3.90. The smallest absolute Gasteiger partial charge is 0.274 e. The summed E-state index contributed by atoms with van der Waals surface area (Å²) >= 11 is 12.5. The molecular weight excluding hydrogens is 837 g/mol. The lowest BCUT2D eigenvalue weighted by Gasteiger charge is -2.27. The van der Waals surface area contributed by atoms with E-state index in [0.29, 0.717) is 25.4 Å². The van der Waals surface area contributed by atoms with Crippen molar-refractivity contribution in [2.24, 2.45) is 0 Å². The summed E-state index contributed by atoms with van der Waals surface area (Å²) in [5, 5.41) is 21.8. The molecule has 0 aliphatic carbocycles. The molecule has 21 heteroatoms. The molecule has 19 nitrogen and oxygen atoms in total. The first-order chi connectivity index (χ1) is 29.5. The number of imide groups is 2. The Labute approximate surface area is 360 Å². The quantitative estimate of drug-likeness (QED) is 0.0664. The summed E-state index contributed by atoms with van der Waals surface area (Å²) < 4.78 is 18.1. The van der Waals surface area contributed by atoms with Crippen LogP contribution in [0, 0.1) is 0 Å². The molecule has 326 valence electrons. The number of hydrogen-bond acceptors (Lipinski definition) is 13. The van der Waals surface area contributed by atoms with E-state index in [2.05, 4.69) is 37.0 Å². The van der Waals surface area contributed by atoms with Gasteiger partial charge in [-0.3, -0.25) is 48.5 Å². The SMILES string of the molecule is O=C(CCOCCOCCOCCNc1cccc2c1C(=O)N(C1CCC(=O)NC1=O)C2=O)NCCn1cc(NC(=O)c2c(Cl)cccc2Cl)c(C(=O)NC2CCNCC2)n1. The van der Waals surface area contributed by atoms with Gasteiger partial charge in [0.15, 0.2) is 5.69 Å². The summed E-state index contributed by atoms with van der Waals surface area (Å²) in [5.41, 5.74) is 1.06. The zero-order valence-corrected chi connectivity index (χ0v) is 34.7. The van der Waals surface area contributed by atoms with Gasteiger partial charge in [0.05, 0.1) is 78.6 Å². The first-order valence-electron chi connectivity index (χ1n) is 19.9. The van der Waals surface area contributed by atoms with Crippen molar-refractivity contribution in [2.45, 2.75) is 50.7 Å². The highest BCUT2D eigenvalue weighted by Gasteiger charge is 2.45. The van der Waals surface area contributed by atoms with Crippen molar-refractivity contribution in [1.29, 1.82) is 0 Å². The van der Waals surface area contributed by atoms with Crippen LogP contribution in [0.4, 0.5) is 11.4 Å². The largest absolute Gasteiger partial charge is 0.382 e. The number of carbonyl (C=O) groups excluding carboxylic acids is 7. The molecule has 1 aromatic heterocycles. The van der Waals surface area contributed by atoms with Crippen molar-refractivity contribution in [3.8, 4) is 0 Å². The highest BCUT2D eigenvalue weighted by Crippen LogP contribution is 2.32. The maximum atomic E-state index is 13.3. The van der Waals surface area contributed by atoms with Crippen LogP contribution in [-0.2, 0) is 35.1 Å². The Bertz CT molecular complexity index is 2110. The van der Waals surface area contributed by atoms with Crippen molar-refractivity contribution in [1.82, 2.24) is 35.9 Å². The lowest BCUT2D eigenvalue weighted by Crippen LogP contribution is -2.54. The van der Waals surface area contributed by atoms with Gasteiger partial charge in [0, 0.05) is 43.9 Å². The number of hydrogen-bond donors (Lipinski definition) is 6. The van der Waals surface area contributed by atoms with E-state index in [1.165, 1.54) is 29.1 Å². The Morgan fingerprint density at radius 2 is 1.49 bits per heavy atom. The van der Waals surface area contributed by atoms with Crippen LogP contribution in [0.2, 0.25) is 10.0 Å². The molecule has 1 unspecified atom stereocenters. The molecule has 6 rings (SSSR count). The Kier molecular flexibility index (Phi) is 16.2. The molecule has 0 spiro atoms. The second-order valence-corrected chi connectivity index (χ2v) is 15.1. The molecule has 2 saturated heterocycles. The Morgan fingerprint density at radius 1 is 0.803 bits per heavy atom. The lowest BCUT2D eigenvalue weighted by atomic mass is 10.0. The number of piperidine rings is 2. The van der Waals surface area contributed by atoms with Gasteiger partial charge in [-0.15, -0.1) is 0 Å². The van der Waals surface area contributed by atoms with E-state index in [1.54, 1.807) is 18.2 Å². The van der Waals surface area contributed by atoms with Crippen LogP contribution in [0.15, 0.2) is 42.6 Å². The maximum Gasteiger partial charge on any atom is 0.274 e. The second-order valence-electron chi connectivity index (χ2n) is 14.2. The minimum atomic E-state index is -1.04. The first kappa shape index (κ1) is 45.1. The minimum Gasteiger partial charge on any atom is -0.382 e. The third-order valence-corrected chi connectivity index (χ3v) is 10.6. The van der Waals surface area contributed by atoms with Crippen LogP contribution < -0.4 is 31.9 Å². The number of fused-ring (bicyclic) bond motifs is 1. The van der Waals surface area contributed by atoms with Crippen LogP contribution in [0.25, 0.3) is 0 Å². The number of carbonyl (C=O) groups is 7. The van der Waals surface area contributed by atoms with Crippen LogP contribution in [-0.4, -0.2) is 134 Å². The van der Waals surface area contributed by atoms with Crippen molar-refractivity contribution in [3.63, 3.8) is 0 Å². The molecule has 3 aliphatic heterocycles. The van der Waals surface area contributed by atoms with Crippen LogP contribution in [0.3, 0.4) is 0 Å². The minimum absolute atomic E-state index is 0.0209. The summed E-state index contributed by atoms with van der Waals surface area (Å²) in [6, 6.07) is 8.46. The highest BCUT2D eigenvalue weighted by molar-refractivity contribution is 6.40. The van der Waals surface area contributed by atoms with Gasteiger partial charge in [-0.25, -0.2) is 0 Å². The fraction of sp³-hybridized carbons (Fsp3) is 0.450. The maximum absolute atomic E-state index is 13.3. The summed E-state index contributed by atoms with van der Waals surface area (Å²) in [7, 11) is 0. The van der Waals surface area contributed by atoms with Crippen molar-refractivity contribution in [3.05, 3.63) is 75.0 Å². The third-order valence-electron chi connectivity index (χ3n) is 10.00. The number of amides is 7. The van der Waals surface area contributed by atoms with E-state index in [9.17, 15) is 33.6 Å². The van der Waals surface area contributed by atoms with Gasteiger partial charge in [0.2, 0.25) is 17.7 Å². The lowest BCUT2D eigenvalue weighted by molar-refractivity contribution is -0.136. The van der Waals surface area contributed by atoms with Crippen LogP contribution in [0.1, 0.15) is 73.7 Å². The molecule has 2 aromatic carbocycles. The summed E-state index contributed by atoms with van der Waals surface area (Å²) in [4.78, 5) is 89.9. The summed E-state index contributed by atoms with van der Waals surface area (Å²) in [6.07, 6.45) is 3.26. The number of anilines is 2. The van der Waals surface area contributed by atoms with Crippen LogP contribution >= 0.6 is 23.2 Å². The third kappa shape index (κ3) is 11.9. The zero-order valence-electron chi connectivity index (χ0n) is 33.2. The number of halogens is 2. The Morgan fingerprint density at radius 3 is 2.21 bits per heavy atom. The molecule has 2 fully saturated rings. The van der Waals surface area contributed by atoms with Gasteiger partial charge in [0.1, 0.15) is 6.04 Å². The topological polar surface area (TPSA) is 240 Å². The Balaban J connectivity index is 0.837. The van der Waals surface area contributed by atoms with E-state index in [-0.39, 0.29) is 109 Å². The number of nitrogens with one attached hydrogen (secondary N) is 6. The predicted octanol–water partition coefficient (Wildman–Crippen LogP) is 1.99. The normalized spacial score (nSPS) is 16.6. The van der Waals surface area contributed by atoms with Gasteiger partial charge in [-0.05, 0) is 56.6 Å². The van der Waals surface area contributed by atoms with Gasteiger partial charge in [0.25, 0.3) is 23.6 Å². The fourth-order valence-corrected chi connectivity index (χ4v) is 7.51. The summed E-state index contributed by atoms with van der Waals surface area (Å²) in [5.74, 6) is -3.55. The molecule has 61 heavy (non-hydrogen) atoms. The predicted molar refractivity (Wildman–Crippen MR) is 222 cm³/mol. The van der Waals surface area contributed by atoms with E-state index in [4.69, 9.17) is 37.4 Å². The number of benzene rings is 2. The van der Waals surface area contributed by atoms with Crippen LogP contribution in [0.5, 0.6) is 0 Å². The van der Waals surface area contributed by atoms with E-state index in [1.807, 2.05) is 0 Å². The molecule has 1 atom stereocenters. The van der Waals surface area contributed by atoms with Gasteiger partial charge >= 0.3 is 0 Å². The second kappa shape index (κ2) is 21.9. The van der Waals surface area contributed by atoms with Gasteiger partial charge < -0.3 is 40.8 Å². The number of ether oxygens (including phenoxy) is 3. The highest BCUT2D eigenvalue weighted by atomic mass is 35.5. The zero-order chi connectivity index (χ0) is 43.3. The monoisotopic (exact) mass is 883 g/mol. The molecule has 0 radical (unpaired) electrons. The average Bonchev–Trinajstić information content (AvgIpc) is 3.75. The van der Waals surface area contributed by atoms with Crippen molar-refractivity contribution < 1.29 is 47.8 Å². The van der Waals surface area contributed by atoms with Crippen molar-refractivity contribution in [2.75, 3.05) is 76.5 Å². The molecule has 0 bridgehead atoms. The average molecular weight is 885 g/mol. The molecule has 3 aliphatic rings.